The first-order valence-electron chi connectivity index (χ1n) is 7.60. The number of benzene rings is 1. The predicted molar refractivity (Wildman–Crippen MR) is 79.3 cm³/mol. The molecule has 1 unspecified atom stereocenters. The van der Waals surface area contributed by atoms with Crippen molar-refractivity contribution in [2.45, 2.75) is 38.8 Å². The number of aryl methyl sites for hydroxylation is 1. The molecule has 2 heterocycles. The molecule has 0 amide bonds. The highest BCUT2D eigenvalue weighted by Gasteiger charge is 2.24. The molecular weight excluding hydrogens is 270 g/mol. The highest BCUT2D eigenvalue weighted by molar-refractivity contribution is 5.73. The monoisotopic (exact) mass is 291 g/mol. The summed E-state index contributed by atoms with van der Waals surface area (Å²) in [5.41, 5.74) is 2.16. The van der Waals surface area contributed by atoms with E-state index in [0.29, 0.717) is 25.3 Å². The van der Waals surface area contributed by atoms with Gasteiger partial charge in [0.1, 0.15) is 0 Å². The summed E-state index contributed by atoms with van der Waals surface area (Å²) < 4.78 is 12.3. The average molecular weight is 291 g/mol. The van der Waals surface area contributed by atoms with Crippen LogP contribution in [0.2, 0.25) is 0 Å². The van der Waals surface area contributed by atoms with Crippen LogP contribution in [-0.4, -0.2) is 22.9 Å². The maximum Gasteiger partial charge on any atom is 0.419 e. The first-order valence-corrected chi connectivity index (χ1v) is 7.60. The van der Waals surface area contributed by atoms with Crippen molar-refractivity contribution in [1.82, 2.24) is 4.57 Å². The van der Waals surface area contributed by atoms with Crippen LogP contribution >= 0.6 is 0 Å². The Morgan fingerprint density at radius 3 is 2.86 bits per heavy atom. The molecule has 0 spiro atoms. The molecule has 1 atom stereocenters. The van der Waals surface area contributed by atoms with E-state index in [2.05, 4.69) is 0 Å². The molecule has 114 valence electrons. The molecule has 1 aromatic carbocycles. The van der Waals surface area contributed by atoms with Gasteiger partial charge in [0.25, 0.3) is 0 Å². The van der Waals surface area contributed by atoms with Gasteiger partial charge in [-0.2, -0.15) is 0 Å². The van der Waals surface area contributed by atoms with E-state index in [-0.39, 0.29) is 11.7 Å². The second-order valence-corrected chi connectivity index (χ2v) is 5.64. The Morgan fingerprint density at radius 1 is 1.38 bits per heavy atom. The van der Waals surface area contributed by atoms with Crippen LogP contribution in [0.15, 0.2) is 27.4 Å². The molecule has 0 saturated carbocycles. The maximum absolute atomic E-state index is 11.8. The summed E-state index contributed by atoms with van der Waals surface area (Å²) in [5.74, 6) is -0.120. The van der Waals surface area contributed by atoms with E-state index >= 15 is 0 Å². The van der Waals surface area contributed by atoms with Gasteiger partial charge in [-0.25, -0.2) is 4.79 Å². The minimum atomic E-state index is -0.530. The van der Waals surface area contributed by atoms with E-state index in [0.717, 1.165) is 30.3 Å². The van der Waals surface area contributed by atoms with Gasteiger partial charge >= 0.3 is 5.76 Å². The second-order valence-electron chi connectivity index (χ2n) is 5.64. The zero-order valence-electron chi connectivity index (χ0n) is 12.2. The molecule has 21 heavy (non-hydrogen) atoms. The summed E-state index contributed by atoms with van der Waals surface area (Å²) in [6.07, 6.45) is 2.07. The SMILES string of the molecule is CCCn1c(=O)oc2cc(C(O)C3CCOCC3)ccc21. The number of hydrogen-bond donors (Lipinski definition) is 1. The van der Waals surface area contributed by atoms with E-state index < -0.39 is 6.10 Å². The molecule has 5 heteroatoms. The van der Waals surface area contributed by atoms with Gasteiger partial charge in [0, 0.05) is 19.8 Å². The summed E-state index contributed by atoms with van der Waals surface area (Å²) in [7, 11) is 0. The molecule has 2 aromatic rings. The van der Waals surface area contributed by atoms with Crippen molar-refractivity contribution in [3.63, 3.8) is 0 Å². The van der Waals surface area contributed by atoms with Crippen LogP contribution in [0, 0.1) is 5.92 Å². The Morgan fingerprint density at radius 2 is 2.14 bits per heavy atom. The minimum absolute atomic E-state index is 0.209. The van der Waals surface area contributed by atoms with Crippen LogP contribution in [0.4, 0.5) is 0 Å². The van der Waals surface area contributed by atoms with E-state index in [9.17, 15) is 9.90 Å². The van der Waals surface area contributed by atoms with Gasteiger partial charge in [0.15, 0.2) is 5.58 Å². The molecule has 1 aliphatic rings. The number of hydrogen-bond acceptors (Lipinski definition) is 4. The summed E-state index contributed by atoms with van der Waals surface area (Å²) in [6.45, 7) is 4.07. The molecule has 1 N–H and O–H groups in total. The van der Waals surface area contributed by atoms with Crippen LogP contribution in [-0.2, 0) is 11.3 Å². The predicted octanol–water partition coefficient (Wildman–Crippen LogP) is 2.46. The van der Waals surface area contributed by atoms with Crippen molar-refractivity contribution in [2.75, 3.05) is 13.2 Å². The topological polar surface area (TPSA) is 64.6 Å². The Kier molecular flexibility index (Phi) is 4.12. The molecule has 0 bridgehead atoms. The fourth-order valence-electron chi connectivity index (χ4n) is 3.01. The number of nitrogens with zero attached hydrogens (tertiary/aromatic N) is 1. The Hall–Kier alpha value is -1.59. The summed E-state index contributed by atoms with van der Waals surface area (Å²) in [4.78, 5) is 11.8. The molecule has 5 nitrogen and oxygen atoms in total. The standard InChI is InChI=1S/C16H21NO4/c1-2-7-17-13-4-3-12(10-14(13)21-16(17)19)15(18)11-5-8-20-9-6-11/h3-4,10-11,15,18H,2,5-9H2,1H3. The summed E-state index contributed by atoms with van der Waals surface area (Å²) >= 11 is 0. The van der Waals surface area contributed by atoms with E-state index in [1.807, 2.05) is 19.1 Å². The van der Waals surface area contributed by atoms with Gasteiger partial charge in [0.2, 0.25) is 0 Å². The molecule has 1 aromatic heterocycles. The van der Waals surface area contributed by atoms with Crippen molar-refractivity contribution in [3.8, 4) is 0 Å². The van der Waals surface area contributed by atoms with Crippen molar-refractivity contribution in [2.24, 2.45) is 5.92 Å². The van der Waals surface area contributed by atoms with E-state index in [4.69, 9.17) is 9.15 Å². The number of aliphatic hydroxyl groups is 1. The smallest absolute Gasteiger partial charge is 0.408 e. The van der Waals surface area contributed by atoms with Crippen LogP contribution in [0.1, 0.15) is 37.9 Å². The largest absolute Gasteiger partial charge is 0.419 e. The van der Waals surface area contributed by atoms with Crippen LogP contribution in [0.25, 0.3) is 11.1 Å². The summed E-state index contributed by atoms with van der Waals surface area (Å²) in [5, 5.41) is 10.5. The van der Waals surface area contributed by atoms with Crippen LogP contribution in [0.5, 0.6) is 0 Å². The first kappa shape index (κ1) is 14.4. The van der Waals surface area contributed by atoms with Crippen molar-refractivity contribution in [1.29, 1.82) is 0 Å². The molecule has 0 aliphatic carbocycles. The van der Waals surface area contributed by atoms with Crippen molar-refractivity contribution in [3.05, 3.63) is 34.3 Å². The van der Waals surface area contributed by atoms with Crippen molar-refractivity contribution < 1.29 is 14.3 Å². The lowest BCUT2D eigenvalue weighted by Gasteiger charge is -2.26. The normalized spacial score (nSPS) is 18.2. The lowest BCUT2D eigenvalue weighted by atomic mass is 9.89. The molecule has 1 fully saturated rings. The zero-order chi connectivity index (χ0) is 14.8. The Bertz CT molecular complexity index is 666. The van der Waals surface area contributed by atoms with Crippen LogP contribution < -0.4 is 5.76 Å². The molecule has 0 radical (unpaired) electrons. The van der Waals surface area contributed by atoms with Crippen molar-refractivity contribution >= 4 is 11.1 Å². The Balaban J connectivity index is 1.92. The third-order valence-corrected chi connectivity index (χ3v) is 4.19. The highest BCUT2D eigenvalue weighted by Crippen LogP contribution is 2.31. The lowest BCUT2D eigenvalue weighted by Crippen LogP contribution is -2.21. The van der Waals surface area contributed by atoms with Gasteiger partial charge in [0.05, 0.1) is 11.6 Å². The number of oxazole rings is 1. The molecule has 3 rings (SSSR count). The number of fused-ring (bicyclic) bond motifs is 1. The molecular formula is C16H21NO4. The molecule has 1 aliphatic heterocycles. The van der Waals surface area contributed by atoms with Gasteiger partial charge in [-0.1, -0.05) is 13.0 Å². The Labute approximate surface area is 123 Å². The molecule has 1 saturated heterocycles. The fraction of sp³-hybridized carbons (Fsp3) is 0.562. The van der Waals surface area contributed by atoms with E-state index in [1.54, 1.807) is 10.6 Å². The fourth-order valence-corrected chi connectivity index (χ4v) is 3.01. The minimum Gasteiger partial charge on any atom is -0.408 e. The van der Waals surface area contributed by atoms with Gasteiger partial charge in [-0.15, -0.1) is 0 Å². The quantitative estimate of drug-likeness (QED) is 0.940. The summed E-state index contributed by atoms with van der Waals surface area (Å²) in [6, 6.07) is 5.56. The second kappa shape index (κ2) is 6.03. The first-order chi connectivity index (χ1) is 10.2. The zero-order valence-corrected chi connectivity index (χ0v) is 12.2. The van der Waals surface area contributed by atoms with E-state index in [1.165, 1.54) is 0 Å². The maximum atomic E-state index is 11.8. The highest BCUT2D eigenvalue weighted by atomic mass is 16.5. The van der Waals surface area contributed by atoms with Crippen LogP contribution in [0.3, 0.4) is 0 Å². The number of ether oxygens (including phenoxy) is 1. The van der Waals surface area contributed by atoms with Gasteiger partial charge in [-0.3, -0.25) is 4.57 Å². The third kappa shape index (κ3) is 2.76. The number of aliphatic hydroxyl groups excluding tert-OH is 1. The van der Waals surface area contributed by atoms with Gasteiger partial charge in [-0.05, 0) is 42.9 Å². The lowest BCUT2D eigenvalue weighted by molar-refractivity contribution is 0.00721. The number of rotatable bonds is 4. The van der Waals surface area contributed by atoms with Gasteiger partial charge < -0.3 is 14.3 Å². The average Bonchev–Trinajstić information content (AvgIpc) is 2.83. The number of aromatic nitrogens is 1. The third-order valence-electron chi connectivity index (χ3n) is 4.19.